The number of quaternary nitrogens is 1. The van der Waals surface area contributed by atoms with Crippen LogP contribution in [-0.4, -0.2) is 64.7 Å². The van der Waals surface area contributed by atoms with Gasteiger partial charge in [0, 0.05) is 31.7 Å². The fraction of sp³-hybridized carbons (Fsp3) is 0.611. The second kappa shape index (κ2) is 10.2. The topological polar surface area (TPSA) is 75.1 Å². The van der Waals surface area contributed by atoms with E-state index in [4.69, 9.17) is 17.0 Å². The van der Waals surface area contributed by atoms with Crippen molar-refractivity contribution in [2.45, 2.75) is 31.1 Å². The first-order chi connectivity index (χ1) is 12.8. The molecule has 0 amide bonds. The fourth-order valence-electron chi connectivity index (χ4n) is 2.95. The Morgan fingerprint density at radius 2 is 2.00 bits per heavy atom. The average molecular weight is 416 g/mol. The van der Waals surface area contributed by atoms with Gasteiger partial charge in [-0.15, -0.1) is 0 Å². The molecule has 1 aliphatic heterocycles. The summed E-state index contributed by atoms with van der Waals surface area (Å²) in [7, 11) is 0.642. The minimum atomic E-state index is -3.58. The largest absolute Gasteiger partial charge is 0.492 e. The lowest BCUT2D eigenvalue weighted by molar-refractivity contribution is -0.858. The molecule has 0 unspecified atom stereocenters. The number of nitrogens with one attached hydrogen (secondary N) is 3. The minimum absolute atomic E-state index is 0.190. The molecule has 1 aromatic rings. The Hall–Kier alpha value is -1.42. The molecule has 3 N–H and O–H groups in total. The van der Waals surface area contributed by atoms with Gasteiger partial charge >= 0.3 is 0 Å². The smallest absolute Gasteiger partial charge is 0.246 e. The zero-order valence-electron chi connectivity index (χ0n) is 16.4. The highest BCUT2D eigenvalue weighted by Gasteiger charge is 2.30. The molecule has 27 heavy (non-hydrogen) atoms. The number of hydrogen-bond acceptors (Lipinski definition) is 4. The van der Waals surface area contributed by atoms with Gasteiger partial charge in [0.1, 0.15) is 10.6 Å². The molecule has 2 rings (SSSR count). The van der Waals surface area contributed by atoms with Crippen LogP contribution in [0.4, 0.5) is 5.69 Å². The van der Waals surface area contributed by atoms with E-state index in [1.165, 1.54) is 9.21 Å². The second-order valence-corrected chi connectivity index (χ2v) is 9.21. The van der Waals surface area contributed by atoms with Gasteiger partial charge in [-0.1, -0.05) is 0 Å². The maximum Gasteiger partial charge on any atom is 0.246 e. The van der Waals surface area contributed by atoms with E-state index in [0.717, 1.165) is 32.4 Å². The van der Waals surface area contributed by atoms with Crippen molar-refractivity contribution in [2.24, 2.45) is 0 Å². The van der Waals surface area contributed by atoms with Gasteiger partial charge in [0.15, 0.2) is 5.11 Å². The van der Waals surface area contributed by atoms with Crippen LogP contribution in [0.2, 0.25) is 0 Å². The third-order valence-electron chi connectivity index (χ3n) is 4.32. The Bertz CT molecular complexity index is 732. The number of rotatable bonds is 9. The van der Waals surface area contributed by atoms with Crippen LogP contribution >= 0.6 is 12.2 Å². The van der Waals surface area contributed by atoms with E-state index in [1.807, 2.05) is 6.92 Å². The molecule has 0 radical (unpaired) electrons. The number of thiocarbonyl (C=S) groups is 1. The lowest BCUT2D eigenvalue weighted by Crippen LogP contribution is -3.05. The maximum absolute atomic E-state index is 13.0. The summed E-state index contributed by atoms with van der Waals surface area (Å²) in [6.07, 6.45) is 2.79. The molecule has 7 nitrogen and oxygen atoms in total. The summed E-state index contributed by atoms with van der Waals surface area (Å²) in [4.78, 5) is 1.58. The second-order valence-electron chi connectivity index (χ2n) is 6.90. The van der Waals surface area contributed by atoms with Gasteiger partial charge < -0.3 is 20.3 Å². The van der Waals surface area contributed by atoms with Crippen molar-refractivity contribution in [3.05, 3.63) is 18.2 Å². The lowest BCUT2D eigenvalue weighted by Gasteiger charge is -2.19. The molecule has 1 aliphatic rings. The molecular formula is C18H31N4O3S2+. The van der Waals surface area contributed by atoms with Gasteiger partial charge in [-0.3, -0.25) is 0 Å². The highest BCUT2D eigenvalue weighted by Crippen LogP contribution is 2.31. The number of sulfonamides is 1. The van der Waals surface area contributed by atoms with Gasteiger partial charge in [0.25, 0.3) is 0 Å². The molecular weight excluding hydrogens is 384 g/mol. The molecule has 1 heterocycles. The molecule has 0 bridgehead atoms. The van der Waals surface area contributed by atoms with Gasteiger partial charge in [-0.25, -0.2) is 8.42 Å². The molecule has 0 spiro atoms. The van der Waals surface area contributed by atoms with E-state index in [1.54, 1.807) is 18.2 Å². The fourth-order valence-corrected chi connectivity index (χ4v) is 4.84. The van der Waals surface area contributed by atoms with Crippen LogP contribution in [0, 0.1) is 0 Å². The van der Waals surface area contributed by atoms with Crippen molar-refractivity contribution in [2.75, 3.05) is 52.2 Å². The molecule has 9 heteroatoms. The van der Waals surface area contributed by atoms with E-state index >= 15 is 0 Å². The van der Waals surface area contributed by atoms with Crippen LogP contribution in [0.1, 0.15) is 26.2 Å². The molecule has 1 saturated heterocycles. The summed E-state index contributed by atoms with van der Waals surface area (Å²) < 4.78 is 33.1. The van der Waals surface area contributed by atoms with Crippen LogP contribution in [0.3, 0.4) is 0 Å². The first kappa shape index (κ1) is 21.9. The van der Waals surface area contributed by atoms with Crippen molar-refractivity contribution in [1.29, 1.82) is 0 Å². The summed E-state index contributed by atoms with van der Waals surface area (Å²) >= 11 is 5.32. The van der Waals surface area contributed by atoms with Gasteiger partial charge in [0.05, 0.1) is 27.2 Å². The van der Waals surface area contributed by atoms with Gasteiger partial charge in [0.2, 0.25) is 10.0 Å². The van der Waals surface area contributed by atoms with Crippen LogP contribution in [-0.2, 0) is 10.0 Å². The monoisotopic (exact) mass is 415 g/mol. The zero-order valence-corrected chi connectivity index (χ0v) is 18.0. The van der Waals surface area contributed by atoms with Gasteiger partial charge in [-0.05, 0) is 50.2 Å². The predicted octanol–water partition coefficient (Wildman–Crippen LogP) is 0.691. The first-order valence-electron chi connectivity index (χ1n) is 9.45. The quantitative estimate of drug-likeness (QED) is 0.407. The number of benzene rings is 1. The number of hydrogen-bond donors (Lipinski definition) is 3. The Morgan fingerprint density at radius 1 is 1.30 bits per heavy atom. The summed E-state index contributed by atoms with van der Waals surface area (Å²) in [6.45, 7) is 5.18. The van der Waals surface area contributed by atoms with Crippen LogP contribution in [0.15, 0.2) is 23.1 Å². The SMILES string of the molecule is CCOc1ccc(NC(=S)NCCC[NH+](C)C)cc1S(=O)(=O)N1CCCC1. The van der Waals surface area contributed by atoms with E-state index in [9.17, 15) is 8.42 Å². The highest BCUT2D eigenvalue weighted by molar-refractivity contribution is 7.89. The standard InChI is InChI=1S/C18H30N4O3S2/c1-4-25-16-9-8-15(20-18(26)19-10-7-11-21(2)3)14-17(16)27(23,24)22-12-5-6-13-22/h8-9,14H,4-7,10-13H2,1-3H3,(H2,19,20,26)/p+1. The van der Waals surface area contributed by atoms with E-state index in [-0.39, 0.29) is 4.90 Å². The molecule has 0 saturated carbocycles. The van der Waals surface area contributed by atoms with Crippen molar-refractivity contribution in [1.82, 2.24) is 9.62 Å². The Kier molecular flexibility index (Phi) is 8.28. The minimum Gasteiger partial charge on any atom is -0.492 e. The zero-order chi connectivity index (χ0) is 19.9. The van der Waals surface area contributed by atoms with E-state index < -0.39 is 10.0 Å². The number of ether oxygens (including phenoxy) is 1. The number of nitrogens with zero attached hydrogens (tertiary/aromatic N) is 1. The van der Waals surface area contributed by atoms with Crippen molar-refractivity contribution in [3.63, 3.8) is 0 Å². The first-order valence-corrected chi connectivity index (χ1v) is 11.3. The molecule has 0 aliphatic carbocycles. The van der Waals surface area contributed by atoms with Crippen molar-refractivity contribution >= 4 is 33.0 Å². The lowest BCUT2D eigenvalue weighted by atomic mass is 10.3. The van der Waals surface area contributed by atoms with E-state index in [0.29, 0.717) is 36.2 Å². The summed E-state index contributed by atoms with van der Waals surface area (Å²) in [5, 5.41) is 6.72. The Morgan fingerprint density at radius 3 is 2.63 bits per heavy atom. The van der Waals surface area contributed by atoms with Crippen molar-refractivity contribution in [3.8, 4) is 5.75 Å². The normalized spacial score (nSPS) is 15.1. The molecule has 1 fully saturated rings. The van der Waals surface area contributed by atoms with Crippen LogP contribution in [0.25, 0.3) is 0 Å². The third kappa shape index (κ3) is 6.31. The molecule has 1 aromatic carbocycles. The number of anilines is 1. The van der Waals surface area contributed by atoms with E-state index in [2.05, 4.69) is 24.7 Å². The Balaban J connectivity index is 2.11. The predicted molar refractivity (Wildman–Crippen MR) is 112 cm³/mol. The summed E-state index contributed by atoms with van der Waals surface area (Å²) in [5.74, 6) is 0.378. The highest BCUT2D eigenvalue weighted by atomic mass is 32.2. The molecule has 0 atom stereocenters. The third-order valence-corrected chi connectivity index (χ3v) is 6.49. The van der Waals surface area contributed by atoms with Gasteiger partial charge in [-0.2, -0.15) is 4.31 Å². The molecule has 0 aromatic heterocycles. The summed E-state index contributed by atoms with van der Waals surface area (Å²) in [5.41, 5.74) is 0.631. The van der Waals surface area contributed by atoms with Crippen LogP contribution in [0.5, 0.6) is 5.75 Å². The average Bonchev–Trinajstić information content (AvgIpc) is 3.15. The summed E-state index contributed by atoms with van der Waals surface area (Å²) in [6, 6.07) is 5.08. The molecule has 152 valence electrons. The Labute approximate surface area is 168 Å². The van der Waals surface area contributed by atoms with Crippen LogP contribution < -0.4 is 20.3 Å². The maximum atomic E-state index is 13.0. The van der Waals surface area contributed by atoms with Crippen molar-refractivity contribution < 1.29 is 18.1 Å².